The van der Waals surface area contributed by atoms with Crippen LogP contribution in [0.3, 0.4) is 0 Å². The van der Waals surface area contributed by atoms with Crippen LogP contribution in [0, 0.1) is 6.92 Å². The van der Waals surface area contributed by atoms with Crippen molar-refractivity contribution in [3.05, 3.63) is 84.4 Å². The molecule has 0 aromatic heterocycles. The van der Waals surface area contributed by atoms with Crippen LogP contribution < -0.4 is 0 Å². The lowest BCUT2D eigenvalue weighted by Gasteiger charge is -2.11. The van der Waals surface area contributed by atoms with Crippen LogP contribution in [0.15, 0.2) is 88.7 Å². The Kier molecular flexibility index (Phi) is 3.82. The second-order valence-corrected chi connectivity index (χ2v) is 7.10. The molecule has 0 aliphatic rings. The SMILES string of the molecule is Cc1ccc(-c2ccccc2S(=O)(=O)c2ccccc2)cc1. The number of rotatable bonds is 3. The molecule has 0 N–H and O–H groups in total. The lowest BCUT2D eigenvalue weighted by molar-refractivity contribution is 0.596. The quantitative estimate of drug-likeness (QED) is 0.714. The first-order chi connectivity index (χ1) is 10.6. The summed E-state index contributed by atoms with van der Waals surface area (Å²) in [6, 6.07) is 23.5. The van der Waals surface area contributed by atoms with Crippen molar-refractivity contribution >= 4 is 9.84 Å². The maximum absolute atomic E-state index is 12.9. The van der Waals surface area contributed by atoms with Gasteiger partial charge < -0.3 is 0 Å². The van der Waals surface area contributed by atoms with Crippen LogP contribution >= 0.6 is 0 Å². The Morgan fingerprint density at radius 1 is 0.682 bits per heavy atom. The lowest BCUT2D eigenvalue weighted by atomic mass is 10.0. The Bertz CT molecular complexity index is 880. The van der Waals surface area contributed by atoms with E-state index in [0.29, 0.717) is 9.79 Å². The molecule has 0 heterocycles. The Morgan fingerprint density at radius 3 is 1.95 bits per heavy atom. The van der Waals surface area contributed by atoms with Gasteiger partial charge in [0.1, 0.15) is 0 Å². The predicted molar refractivity (Wildman–Crippen MR) is 88.5 cm³/mol. The molecule has 0 spiro atoms. The van der Waals surface area contributed by atoms with Crippen molar-refractivity contribution < 1.29 is 8.42 Å². The van der Waals surface area contributed by atoms with Crippen molar-refractivity contribution in [1.29, 1.82) is 0 Å². The summed E-state index contributed by atoms with van der Waals surface area (Å²) in [6.45, 7) is 2.01. The molecule has 3 aromatic rings. The summed E-state index contributed by atoms with van der Waals surface area (Å²) >= 11 is 0. The molecule has 0 saturated carbocycles. The topological polar surface area (TPSA) is 34.1 Å². The summed E-state index contributed by atoms with van der Waals surface area (Å²) in [6.07, 6.45) is 0. The molecule has 110 valence electrons. The van der Waals surface area contributed by atoms with Gasteiger partial charge in [-0.25, -0.2) is 8.42 Å². The lowest BCUT2D eigenvalue weighted by Crippen LogP contribution is -2.03. The van der Waals surface area contributed by atoms with E-state index in [2.05, 4.69) is 0 Å². The molecule has 0 aliphatic heterocycles. The van der Waals surface area contributed by atoms with Crippen LogP contribution in [-0.2, 0) is 9.84 Å². The van der Waals surface area contributed by atoms with E-state index in [0.717, 1.165) is 16.7 Å². The standard InChI is InChI=1S/C19H16O2S/c1-15-11-13-16(14-12-15)18-9-5-6-10-19(18)22(20,21)17-7-3-2-4-8-17/h2-14H,1H3. The molecule has 2 nitrogen and oxygen atoms in total. The Morgan fingerprint density at radius 2 is 1.27 bits per heavy atom. The van der Waals surface area contributed by atoms with Crippen LogP contribution in [0.5, 0.6) is 0 Å². The van der Waals surface area contributed by atoms with Gasteiger partial charge in [-0.2, -0.15) is 0 Å². The molecule has 0 fully saturated rings. The molecule has 0 unspecified atom stereocenters. The van der Waals surface area contributed by atoms with Gasteiger partial charge in [0.15, 0.2) is 0 Å². The fourth-order valence-corrected chi connectivity index (χ4v) is 3.90. The molecule has 0 atom stereocenters. The van der Waals surface area contributed by atoms with E-state index < -0.39 is 9.84 Å². The number of aryl methyl sites for hydroxylation is 1. The fraction of sp³-hybridized carbons (Fsp3) is 0.0526. The zero-order valence-corrected chi connectivity index (χ0v) is 13.0. The van der Waals surface area contributed by atoms with Crippen molar-refractivity contribution in [2.75, 3.05) is 0 Å². The Hall–Kier alpha value is -2.39. The summed E-state index contributed by atoms with van der Waals surface area (Å²) < 4.78 is 25.8. The summed E-state index contributed by atoms with van der Waals surface area (Å²) in [5.41, 5.74) is 2.78. The van der Waals surface area contributed by atoms with Crippen LogP contribution in [-0.4, -0.2) is 8.42 Å². The van der Waals surface area contributed by atoms with Crippen LogP contribution in [0.4, 0.5) is 0 Å². The number of benzene rings is 3. The molecule has 0 saturated heterocycles. The van der Waals surface area contributed by atoms with E-state index in [1.807, 2.05) is 49.4 Å². The second kappa shape index (κ2) is 5.78. The van der Waals surface area contributed by atoms with Crippen molar-refractivity contribution in [2.45, 2.75) is 16.7 Å². The zero-order valence-electron chi connectivity index (χ0n) is 12.2. The minimum absolute atomic E-state index is 0.314. The summed E-state index contributed by atoms with van der Waals surface area (Å²) in [7, 11) is -3.53. The third-order valence-electron chi connectivity index (χ3n) is 3.59. The van der Waals surface area contributed by atoms with Crippen molar-refractivity contribution in [3.8, 4) is 11.1 Å². The van der Waals surface area contributed by atoms with E-state index in [4.69, 9.17) is 0 Å². The summed E-state index contributed by atoms with van der Waals surface area (Å²) in [5, 5.41) is 0. The second-order valence-electron chi connectivity index (χ2n) is 5.18. The molecule has 3 heteroatoms. The molecular formula is C19H16O2S. The monoisotopic (exact) mass is 308 g/mol. The highest BCUT2D eigenvalue weighted by Gasteiger charge is 2.21. The molecule has 0 bridgehead atoms. The molecule has 0 radical (unpaired) electrons. The van der Waals surface area contributed by atoms with E-state index in [1.165, 1.54) is 0 Å². The third-order valence-corrected chi connectivity index (χ3v) is 5.42. The summed E-state index contributed by atoms with van der Waals surface area (Å²) in [4.78, 5) is 0.652. The minimum atomic E-state index is -3.53. The minimum Gasteiger partial charge on any atom is -0.218 e. The zero-order chi connectivity index (χ0) is 15.6. The highest BCUT2D eigenvalue weighted by Crippen LogP contribution is 2.31. The third kappa shape index (κ3) is 2.68. The van der Waals surface area contributed by atoms with Gasteiger partial charge in [-0.3, -0.25) is 0 Å². The summed E-state index contributed by atoms with van der Waals surface area (Å²) in [5.74, 6) is 0. The van der Waals surface area contributed by atoms with Gasteiger partial charge in [0.2, 0.25) is 9.84 Å². The maximum Gasteiger partial charge on any atom is 0.207 e. The van der Waals surface area contributed by atoms with Crippen LogP contribution in [0.1, 0.15) is 5.56 Å². The smallest absolute Gasteiger partial charge is 0.207 e. The van der Waals surface area contributed by atoms with Crippen molar-refractivity contribution in [2.24, 2.45) is 0 Å². The fourth-order valence-electron chi connectivity index (χ4n) is 2.40. The molecule has 22 heavy (non-hydrogen) atoms. The van der Waals surface area contributed by atoms with E-state index in [1.54, 1.807) is 36.4 Å². The first-order valence-electron chi connectivity index (χ1n) is 7.05. The van der Waals surface area contributed by atoms with Gasteiger partial charge >= 0.3 is 0 Å². The predicted octanol–water partition coefficient (Wildman–Crippen LogP) is 4.49. The van der Waals surface area contributed by atoms with E-state index in [-0.39, 0.29) is 0 Å². The first kappa shape index (κ1) is 14.5. The van der Waals surface area contributed by atoms with Gasteiger partial charge in [-0.1, -0.05) is 66.2 Å². The molecule has 0 aliphatic carbocycles. The maximum atomic E-state index is 12.9. The Balaban J connectivity index is 2.19. The normalized spacial score (nSPS) is 11.3. The number of hydrogen-bond acceptors (Lipinski definition) is 2. The van der Waals surface area contributed by atoms with E-state index >= 15 is 0 Å². The van der Waals surface area contributed by atoms with Crippen molar-refractivity contribution in [1.82, 2.24) is 0 Å². The molecular weight excluding hydrogens is 292 g/mol. The Labute approximate surface area is 131 Å². The van der Waals surface area contributed by atoms with Crippen LogP contribution in [0.25, 0.3) is 11.1 Å². The van der Waals surface area contributed by atoms with Gasteiger partial charge in [0.25, 0.3) is 0 Å². The first-order valence-corrected chi connectivity index (χ1v) is 8.53. The van der Waals surface area contributed by atoms with Gasteiger partial charge in [-0.15, -0.1) is 0 Å². The number of sulfone groups is 1. The molecule has 3 aromatic carbocycles. The van der Waals surface area contributed by atoms with Gasteiger partial charge in [-0.05, 0) is 30.7 Å². The van der Waals surface area contributed by atoms with E-state index in [9.17, 15) is 8.42 Å². The average Bonchev–Trinajstić information content (AvgIpc) is 2.56. The average molecular weight is 308 g/mol. The molecule has 0 amide bonds. The largest absolute Gasteiger partial charge is 0.218 e. The highest BCUT2D eigenvalue weighted by atomic mass is 32.2. The molecule has 3 rings (SSSR count). The van der Waals surface area contributed by atoms with Crippen LogP contribution in [0.2, 0.25) is 0 Å². The van der Waals surface area contributed by atoms with Crippen molar-refractivity contribution in [3.63, 3.8) is 0 Å². The number of hydrogen-bond donors (Lipinski definition) is 0. The van der Waals surface area contributed by atoms with Gasteiger partial charge in [0, 0.05) is 5.56 Å². The highest BCUT2D eigenvalue weighted by molar-refractivity contribution is 7.91. The van der Waals surface area contributed by atoms with Gasteiger partial charge in [0.05, 0.1) is 9.79 Å².